The first-order chi connectivity index (χ1) is 11.1. The molecule has 23 heavy (non-hydrogen) atoms. The predicted octanol–water partition coefficient (Wildman–Crippen LogP) is 0.358. The first-order valence-corrected chi connectivity index (χ1v) is 8.19. The third-order valence-electron chi connectivity index (χ3n) is 4.61. The van der Waals surface area contributed by atoms with Gasteiger partial charge in [0.2, 0.25) is 11.8 Å². The second-order valence-electron chi connectivity index (χ2n) is 6.24. The van der Waals surface area contributed by atoms with Gasteiger partial charge in [0.15, 0.2) is 0 Å². The van der Waals surface area contributed by atoms with E-state index in [9.17, 15) is 14.7 Å². The maximum Gasteiger partial charge on any atom is 0.236 e. The van der Waals surface area contributed by atoms with Gasteiger partial charge in [-0.1, -0.05) is 12.1 Å². The average Bonchev–Trinajstić information content (AvgIpc) is 2.57. The summed E-state index contributed by atoms with van der Waals surface area (Å²) in [5.41, 5.74) is 0.896. The summed E-state index contributed by atoms with van der Waals surface area (Å²) in [7, 11) is 0. The molecule has 1 atom stereocenters. The molecule has 124 valence electrons. The van der Waals surface area contributed by atoms with E-state index in [-0.39, 0.29) is 23.6 Å². The Kier molecular flexibility index (Phi) is 4.81. The van der Waals surface area contributed by atoms with Crippen LogP contribution in [0.5, 0.6) is 5.75 Å². The van der Waals surface area contributed by atoms with E-state index < -0.39 is 0 Å². The van der Waals surface area contributed by atoms with E-state index in [0.29, 0.717) is 19.5 Å². The summed E-state index contributed by atoms with van der Waals surface area (Å²) in [5.74, 6) is 0.425. The SMILES string of the molecule is O=C(Cc1ccc(O)cc1)N1CCC[C@H](N2CCNCC2=O)C1. The normalized spacial score (nSPS) is 22.3. The van der Waals surface area contributed by atoms with Crippen molar-refractivity contribution in [1.82, 2.24) is 15.1 Å². The molecule has 3 rings (SSSR count). The molecular formula is C17H23N3O3. The highest BCUT2D eigenvalue weighted by molar-refractivity contribution is 5.80. The molecular weight excluding hydrogens is 294 g/mol. The van der Waals surface area contributed by atoms with Crippen molar-refractivity contribution in [3.05, 3.63) is 29.8 Å². The summed E-state index contributed by atoms with van der Waals surface area (Å²) in [6, 6.07) is 6.88. The number of amides is 2. The third kappa shape index (κ3) is 3.82. The fraction of sp³-hybridized carbons (Fsp3) is 0.529. The lowest BCUT2D eigenvalue weighted by molar-refractivity contribution is -0.140. The number of nitrogens with one attached hydrogen (secondary N) is 1. The lowest BCUT2D eigenvalue weighted by Crippen LogP contribution is -2.57. The Balaban J connectivity index is 1.60. The van der Waals surface area contributed by atoms with E-state index in [4.69, 9.17) is 0 Å². The molecule has 2 aliphatic rings. The van der Waals surface area contributed by atoms with Gasteiger partial charge >= 0.3 is 0 Å². The van der Waals surface area contributed by atoms with Crippen LogP contribution in [-0.4, -0.2) is 65.5 Å². The maximum atomic E-state index is 12.5. The summed E-state index contributed by atoms with van der Waals surface area (Å²) in [5, 5.41) is 12.4. The topological polar surface area (TPSA) is 72.9 Å². The minimum Gasteiger partial charge on any atom is -0.508 e. The van der Waals surface area contributed by atoms with Gasteiger partial charge in [0, 0.05) is 32.2 Å². The fourth-order valence-electron chi connectivity index (χ4n) is 3.34. The van der Waals surface area contributed by atoms with Crippen LogP contribution < -0.4 is 5.32 Å². The van der Waals surface area contributed by atoms with E-state index in [1.807, 2.05) is 9.80 Å². The first kappa shape index (κ1) is 15.8. The van der Waals surface area contributed by atoms with Gasteiger partial charge in [-0.05, 0) is 30.5 Å². The molecule has 2 fully saturated rings. The Hall–Kier alpha value is -2.08. The van der Waals surface area contributed by atoms with Crippen molar-refractivity contribution in [1.29, 1.82) is 0 Å². The maximum absolute atomic E-state index is 12.5. The Bertz CT molecular complexity index is 573. The Labute approximate surface area is 136 Å². The van der Waals surface area contributed by atoms with E-state index in [1.165, 1.54) is 0 Å². The Morgan fingerprint density at radius 2 is 2.04 bits per heavy atom. The highest BCUT2D eigenvalue weighted by Crippen LogP contribution is 2.18. The highest BCUT2D eigenvalue weighted by Gasteiger charge is 2.31. The average molecular weight is 317 g/mol. The second kappa shape index (κ2) is 7.00. The number of phenols is 1. The first-order valence-electron chi connectivity index (χ1n) is 8.19. The largest absolute Gasteiger partial charge is 0.508 e. The van der Waals surface area contributed by atoms with Gasteiger partial charge in [0.25, 0.3) is 0 Å². The predicted molar refractivity (Wildman–Crippen MR) is 86.0 cm³/mol. The molecule has 0 aliphatic carbocycles. The van der Waals surface area contributed by atoms with Crippen molar-refractivity contribution in [2.24, 2.45) is 0 Å². The number of likely N-dealkylation sites (tertiary alicyclic amines) is 1. The zero-order chi connectivity index (χ0) is 16.2. The molecule has 0 spiro atoms. The van der Waals surface area contributed by atoms with Crippen LogP contribution >= 0.6 is 0 Å². The monoisotopic (exact) mass is 317 g/mol. The van der Waals surface area contributed by atoms with E-state index >= 15 is 0 Å². The molecule has 2 N–H and O–H groups in total. The number of piperidine rings is 1. The number of benzene rings is 1. The van der Waals surface area contributed by atoms with E-state index in [0.717, 1.165) is 38.0 Å². The molecule has 0 bridgehead atoms. The minimum absolute atomic E-state index is 0.0861. The second-order valence-corrected chi connectivity index (χ2v) is 6.24. The van der Waals surface area contributed by atoms with Crippen molar-refractivity contribution in [2.75, 3.05) is 32.7 Å². The van der Waals surface area contributed by atoms with Crippen LogP contribution in [0.4, 0.5) is 0 Å². The van der Waals surface area contributed by atoms with E-state index in [2.05, 4.69) is 5.32 Å². The van der Waals surface area contributed by atoms with Crippen LogP contribution in [0.25, 0.3) is 0 Å². The zero-order valence-corrected chi connectivity index (χ0v) is 13.2. The van der Waals surface area contributed by atoms with Gasteiger partial charge in [-0.25, -0.2) is 0 Å². The van der Waals surface area contributed by atoms with Crippen LogP contribution in [0.2, 0.25) is 0 Å². The molecule has 2 heterocycles. The van der Waals surface area contributed by atoms with Gasteiger partial charge in [-0.15, -0.1) is 0 Å². The summed E-state index contributed by atoms with van der Waals surface area (Å²) in [6.07, 6.45) is 2.24. The van der Waals surface area contributed by atoms with Crippen molar-refractivity contribution >= 4 is 11.8 Å². The van der Waals surface area contributed by atoms with Gasteiger partial charge in [0.1, 0.15) is 5.75 Å². The Morgan fingerprint density at radius 1 is 1.26 bits per heavy atom. The summed E-state index contributed by atoms with van der Waals surface area (Å²) < 4.78 is 0. The number of hydrogen-bond donors (Lipinski definition) is 2. The van der Waals surface area contributed by atoms with Crippen LogP contribution in [0.1, 0.15) is 18.4 Å². The molecule has 0 radical (unpaired) electrons. The highest BCUT2D eigenvalue weighted by atomic mass is 16.3. The Morgan fingerprint density at radius 3 is 2.78 bits per heavy atom. The van der Waals surface area contributed by atoms with Crippen LogP contribution in [-0.2, 0) is 16.0 Å². The van der Waals surface area contributed by atoms with Crippen molar-refractivity contribution in [3.63, 3.8) is 0 Å². The van der Waals surface area contributed by atoms with Crippen molar-refractivity contribution < 1.29 is 14.7 Å². The smallest absolute Gasteiger partial charge is 0.236 e. The molecule has 1 aromatic carbocycles. The standard InChI is InChI=1S/C17H23N3O3/c21-15-5-3-13(4-6-15)10-16(22)19-8-1-2-14(12-19)20-9-7-18-11-17(20)23/h3-6,14,18,21H,1-2,7-12H2/t14-/m0/s1. The van der Waals surface area contributed by atoms with Gasteiger partial charge in [0.05, 0.1) is 13.0 Å². The van der Waals surface area contributed by atoms with Gasteiger partial charge in [-0.3, -0.25) is 9.59 Å². The zero-order valence-electron chi connectivity index (χ0n) is 13.2. The number of piperazine rings is 1. The lowest BCUT2D eigenvalue weighted by Gasteiger charge is -2.41. The third-order valence-corrected chi connectivity index (χ3v) is 4.61. The summed E-state index contributed by atoms with van der Waals surface area (Å²) in [6.45, 7) is 3.33. The minimum atomic E-state index is 0.0861. The molecule has 6 nitrogen and oxygen atoms in total. The van der Waals surface area contributed by atoms with Crippen molar-refractivity contribution in [3.8, 4) is 5.75 Å². The number of hydrogen-bond acceptors (Lipinski definition) is 4. The van der Waals surface area contributed by atoms with Crippen LogP contribution in [0.15, 0.2) is 24.3 Å². The number of nitrogens with zero attached hydrogens (tertiary/aromatic N) is 2. The quantitative estimate of drug-likeness (QED) is 0.844. The molecule has 2 aliphatic heterocycles. The van der Waals surface area contributed by atoms with E-state index in [1.54, 1.807) is 24.3 Å². The van der Waals surface area contributed by atoms with Crippen LogP contribution in [0, 0.1) is 0 Å². The molecule has 0 saturated carbocycles. The van der Waals surface area contributed by atoms with Gasteiger partial charge in [-0.2, -0.15) is 0 Å². The van der Waals surface area contributed by atoms with Gasteiger partial charge < -0.3 is 20.2 Å². The number of carbonyl (C=O) groups is 2. The molecule has 0 unspecified atom stereocenters. The van der Waals surface area contributed by atoms with Crippen molar-refractivity contribution in [2.45, 2.75) is 25.3 Å². The molecule has 0 aromatic heterocycles. The number of aromatic hydroxyl groups is 1. The molecule has 6 heteroatoms. The molecule has 1 aromatic rings. The summed E-state index contributed by atoms with van der Waals surface area (Å²) >= 11 is 0. The number of rotatable bonds is 3. The van der Waals surface area contributed by atoms with Crippen LogP contribution in [0.3, 0.4) is 0 Å². The lowest BCUT2D eigenvalue weighted by atomic mass is 10.0. The number of phenolic OH excluding ortho intramolecular Hbond substituents is 1. The molecule has 2 amide bonds. The molecule has 2 saturated heterocycles. The summed E-state index contributed by atoms with van der Waals surface area (Å²) in [4.78, 5) is 28.3. The number of carbonyl (C=O) groups excluding carboxylic acids is 2. The fourth-order valence-corrected chi connectivity index (χ4v) is 3.34.